The van der Waals surface area contributed by atoms with Crippen LogP contribution in [0.5, 0.6) is 34.5 Å². The van der Waals surface area contributed by atoms with Crippen molar-refractivity contribution in [2.24, 2.45) is 0 Å². The fraction of sp³-hybridized carbons (Fsp3) is 0.143. The van der Waals surface area contributed by atoms with Crippen molar-refractivity contribution >= 4 is 0 Å². The summed E-state index contributed by atoms with van der Waals surface area (Å²) in [6.07, 6.45) is 0. The summed E-state index contributed by atoms with van der Waals surface area (Å²) in [5, 5.41) is 21.8. The lowest BCUT2D eigenvalue weighted by molar-refractivity contribution is 0.289. The van der Waals surface area contributed by atoms with E-state index >= 15 is 0 Å². The zero-order valence-electron chi connectivity index (χ0n) is 19.2. The summed E-state index contributed by atoms with van der Waals surface area (Å²) >= 11 is 0. The van der Waals surface area contributed by atoms with Crippen molar-refractivity contribution in [1.82, 2.24) is 0 Å². The summed E-state index contributed by atoms with van der Waals surface area (Å²) in [5.74, 6) is 1.49. The Hall–Kier alpha value is -4.32. The number of phenols is 2. The lowest BCUT2D eigenvalue weighted by Gasteiger charge is -2.19. The molecule has 0 saturated heterocycles. The average molecular weight is 459 g/mol. The van der Waals surface area contributed by atoms with Crippen molar-refractivity contribution in [3.05, 3.63) is 84.4 Å². The molecule has 4 aromatic rings. The molecular formula is C28H26O6. The second kappa shape index (κ2) is 10.1. The van der Waals surface area contributed by atoms with Crippen LogP contribution in [0.2, 0.25) is 0 Å². The van der Waals surface area contributed by atoms with E-state index < -0.39 is 0 Å². The van der Waals surface area contributed by atoms with Crippen LogP contribution in [0.4, 0.5) is 0 Å². The van der Waals surface area contributed by atoms with Crippen LogP contribution in [0.3, 0.4) is 0 Å². The smallest absolute Gasteiger partial charge is 0.170 e. The molecule has 0 aliphatic heterocycles. The number of methoxy groups -OCH3 is 3. The lowest BCUT2D eigenvalue weighted by Crippen LogP contribution is -1.98. The lowest BCUT2D eigenvalue weighted by atomic mass is 9.96. The van der Waals surface area contributed by atoms with Crippen LogP contribution >= 0.6 is 0 Å². The van der Waals surface area contributed by atoms with Gasteiger partial charge in [0.1, 0.15) is 18.1 Å². The molecule has 0 bridgehead atoms. The van der Waals surface area contributed by atoms with Crippen molar-refractivity contribution in [2.75, 3.05) is 21.3 Å². The fourth-order valence-electron chi connectivity index (χ4n) is 3.87. The van der Waals surface area contributed by atoms with Crippen LogP contribution < -0.4 is 18.9 Å². The Bertz CT molecular complexity index is 1280. The first kappa shape index (κ1) is 22.9. The molecule has 0 amide bonds. The first-order valence-corrected chi connectivity index (χ1v) is 10.7. The van der Waals surface area contributed by atoms with Gasteiger partial charge in [0.25, 0.3) is 0 Å². The number of hydrogen-bond donors (Lipinski definition) is 2. The normalized spacial score (nSPS) is 10.6. The van der Waals surface area contributed by atoms with Crippen molar-refractivity contribution in [1.29, 1.82) is 0 Å². The molecule has 0 aromatic heterocycles. The summed E-state index contributed by atoms with van der Waals surface area (Å²) in [4.78, 5) is 0. The summed E-state index contributed by atoms with van der Waals surface area (Å²) in [6, 6.07) is 23.9. The Labute approximate surface area is 198 Å². The molecule has 0 atom stereocenters. The number of rotatable bonds is 8. The number of ether oxygens (including phenoxy) is 4. The highest BCUT2D eigenvalue weighted by Gasteiger charge is 2.23. The summed E-state index contributed by atoms with van der Waals surface area (Å²) in [7, 11) is 4.59. The van der Waals surface area contributed by atoms with Gasteiger partial charge >= 0.3 is 0 Å². The molecule has 0 fully saturated rings. The molecule has 4 aromatic carbocycles. The number of hydrogen-bond acceptors (Lipinski definition) is 6. The van der Waals surface area contributed by atoms with Crippen LogP contribution in [0.1, 0.15) is 5.56 Å². The molecule has 0 saturated carbocycles. The van der Waals surface area contributed by atoms with Gasteiger partial charge in [-0.15, -0.1) is 0 Å². The maximum absolute atomic E-state index is 11.2. The van der Waals surface area contributed by atoms with E-state index in [9.17, 15) is 10.2 Å². The Kier molecular flexibility index (Phi) is 6.78. The molecule has 2 N–H and O–H groups in total. The standard InChI is InChI=1S/C28H26O6/c1-31-23-12-8-7-11-20(23)21-16-25(32-2)26(27(30)28(21)33-3)19-13-14-24(22(29)15-19)34-17-18-9-5-4-6-10-18/h4-16,29-30H,17H2,1-3H3. The van der Waals surface area contributed by atoms with Gasteiger partial charge in [-0.3, -0.25) is 0 Å². The number of para-hydroxylation sites is 1. The van der Waals surface area contributed by atoms with E-state index in [1.54, 1.807) is 25.3 Å². The first-order valence-electron chi connectivity index (χ1n) is 10.7. The molecule has 0 aliphatic rings. The molecule has 174 valence electrons. The zero-order valence-corrected chi connectivity index (χ0v) is 19.2. The van der Waals surface area contributed by atoms with Crippen LogP contribution in [0, 0.1) is 0 Å². The van der Waals surface area contributed by atoms with Gasteiger partial charge in [-0.1, -0.05) is 54.6 Å². The van der Waals surface area contributed by atoms with E-state index in [-0.39, 0.29) is 17.2 Å². The van der Waals surface area contributed by atoms with E-state index in [1.165, 1.54) is 20.3 Å². The van der Waals surface area contributed by atoms with E-state index in [0.717, 1.165) is 11.1 Å². The van der Waals surface area contributed by atoms with Gasteiger partial charge in [-0.25, -0.2) is 0 Å². The minimum absolute atomic E-state index is 0.0531. The van der Waals surface area contributed by atoms with Gasteiger partial charge in [0.15, 0.2) is 23.0 Å². The van der Waals surface area contributed by atoms with Crippen molar-refractivity contribution in [3.8, 4) is 56.8 Å². The third-order valence-electron chi connectivity index (χ3n) is 5.52. The van der Waals surface area contributed by atoms with Crippen molar-refractivity contribution in [3.63, 3.8) is 0 Å². The third-order valence-corrected chi connectivity index (χ3v) is 5.52. The van der Waals surface area contributed by atoms with Gasteiger partial charge in [-0.05, 0) is 35.4 Å². The Morgan fingerprint density at radius 1 is 0.647 bits per heavy atom. The van der Waals surface area contributed by atoms with Gasteiger partial charge < -0.3 is 29.2 Å². The molecule has 6 heteroatoms. The van der Waals surface area contributed by atoms with Crippen LogP contribution in [-0.2, 0) is 6.61 Å². The Balaban J connectivity index is 1.75. The molecular weight excluding hydrogens is 432 g/mol. The van der Waals surface area contributed by atoms with Gasteiger partial charge in [0.05, 0.1) is 26.9 Å². The highest BCUT2D eigenvalue weighted by Crippen LogP contribution is 2.51. The number of phenolic OH excluding ortho intramolecular Hbond substituents is 2. The first-order chi connectivity index (χ1) is 16.6. The highest BCUT2D eigenvalue weighted by molar-refractivity contribution is 5.89. The zero-order chi connectivity index (χ0) is 24.1. The molecule has 0 aliphatic carbocycles. The number of benzene rings is 4. The minimum atomic E-state index is -0.111. The van der Waals surface area contributed by atoms with Crippen LogP contribution in [0.25, 0.3) is 22.3 Å². The van der Waals surface area contributed by atoms with Crippen LogP contribution in [0.15, 0.2) is 78.9 Å². The van der Waals surface area contributed by atoms with Gasteiger partial charge in [0.2, 0.25) is 0 Å². The Morgan fingerprint density at radius 2 is 1.35 bits per heavy atom. The van der Waals surface area contributed by atoms with Crippen molar-refractivity contribution < 1.29 is 29.2 Å². The maximum Gasteiger partial charge on any atom is 0.170 e. The molecule has 0 radical (unpaired) electrons. The predicted octanol–water partition coefficient (Wildman–Crippen LogP) is 6.04. The predicted molar refractivity (Wildman–Crippen MR) is 131 cm³/mol. The highest BCUT2D eigenvalue weighted by atomic mass is 16.5. The molecule has 0 unspecified atom stereocenters. The monoisotopic (exact) mass is 458 g/mol. The second-order valence-corrected chi connectivity index (χ2v) is 7.54. The van der Waals surface area contributed by atoms with Gasteiger partial charge in [-0.2, -0.15) is 0 Å². The van der Waals surface area contributed by atoms with Crippen LogP contribution in [-0.4, -0.2) is 31.5 Å². The largest absolute Gasteiger partial charge is 0.504 e. The molecule has 0 heterocycles. The third kappa shape index (κ3) is 4.43. The number of aromatic hydroxyl groups is 2. The summed E-state index contributed by atoms with van der Waals surface area (Å²) in [5.41, 5.74) is 3.29. The van der Waals surface area contributed by atoms with E-state index in [0.29, 0.717) is 40.5 Å². The quantitative estimate of drug-likeness (QED) is 0.335. The molecule has 6 nitrogen and oxygen atoms in total. The second-order valence-electron chi connectivity index (χ2n) is 7.54. The maximum atomic E-state index is 11.2. The topological polar surface area (TPSA) is 77.4 Å². The molecule has 4 rings (SSSR count). The summed E-state index contributed by atoms with van der Waals surface area (Å²) < 4.78 is 22.5. The van der Waals surface area contributed by atoms with E-state index in [4.69, 9.17) is 18.9 Å². The van der Waals surface area contributed by atoms with Gasteiger partial charge in [0, 0.05) is 11.1 Å². The molecule has 0 spiro atoms. The molecule has 34 heavy (non-hydrogen) atoms. The SMILES string of the molecule is COc1ccccc1-c1cc(OC)c(-c2ccc(OCc3ccccc3)c(O)c2)c(O)c1OC. The average Bonchev–Trinajstić information content (AvgIpc) is 2.88. The fourth-order valence-corrected chi connectivity index (χ4v) is 3.87. The summed E-state index contributed by atoms with van der Waals surface area (Å²) in [6.45, 7) is 0.323. The minimum Gasteiger partial charge on any atom is -0.504 e. The van der Waals surface area contributed by atoms with Crippen molar-refractivity contribution in [2.45, 2.75) is 6.61 Å². The Morgan fingerprint density at radius 3 is 2.03 bits per heavy atom. The van der Waals surface area contributed by atoms with E-state index in [2.05, 4.69) is 0 Å². The van der Waals surface area contributed by atoms with E-state index in [1.807, 2.05) is 54.6 Å².